The molecule has 1 aromatic carbocycles. The van der Waals surface area contributed by atoms with Crippen LogP contribution in [0.5, 0.6) is 0 Å². The van der Waals surface area contributed by atoms with Crippen LogP contribution in [-0.4, -0.2) is 4.98 Å². The maximum absolute atomic E-state index is 5.89. The summed E-state index contributed by atoms with van der Waals surface area (Å²) in [5.74, 6) is 0. The fraction of sp³-hybridized carbons (Fsp3) is 0.143. The first kappa shape index (κ1) is 10.9. The fourth-order valence-electron chi connectivity index (χ4n) is 2.04. The predicted molar refractivity (Wildman–Crippen MR) is 75.2 cm³/mol. The molecule has 1 nitrogen and oxygen atoms in total. The van der Waals surface area contributed by atoms with Crippen LogP contribution in [0.15, 0.2) is 35.7 Å². The molecule has 1 N–H and O–H groups in total. The lowest BCUT2D eigenvalue weighted by atomic mass is 10.1. The average molecular weight is 262 g/mol. The molecule has 0 aliphatic rings. The van der Waals surface area contributed by atoms with E-state index in [2.05, 4.69) is 35.5 Å². The maximum atomic E-state index is 5.89. The van der Waals surface area contributed by atoms with Crippen LogP contribution in [0.1, 0.15) is 16.8 Å². The molecule has 0 radical (unpaired) electrons. The van der Waals surface area contributed by atoms with Crippen LogP contribution in [0.25, 0.3) is 10.2 Å². The number of thiophene rings is 1. The number of benzene rings is 1. The Morgan fingerprint density at radius 1 is 1.24 bits per heavy atom. The molecule has 3 rings (SSSR count). The minimum Gasteiger partial charge on any atom is -0.358 e. The van der Waals surface area contributed by atoms with E-state index in [0.29, 0.717) is 0 Å². The summed E-state index contributed by atoms with van der Waals surface area (Å²) >= 11 is 7.69. The number of fused-ring (bicyclic) bond motifs is 1. The van der Waals surface area contributed by atoms with E-state index in [1.165, 1.54) is 27.0 Å². The molecule has 0 fully saturated rings. The van der Waals surface area contributed by atoms with E-state index in [1.54, 1.807) is 11.3 Å². The summed E-state index contributed by atoms with van der Waals surface area (Å²) < 4.78 is 1.34. The Labute approximate surface area is 109 Å². The number of hydrogen-bond donors (Lipinski definition) is 1. The van der Waals surface area contributed by atoms with Crippen molar-refractivity contribution in [1.82, 2.24) is 4.98 Å². The molecule has 0 spiro atoms. The standard InChI is InChI=1S/C14H12ClNS/c1-9-6-13-14(16-9)11(8-17-13)7-10-2-4-12(15)5-3-10/h2-6,8,16H,7H2,1H3. The summed E-state index contributed by atoms with van der Waals surface area (Å²) in [5, 5.41) is 3.02. The molecule has 3 aromatic rings. The van der Waals surface area contributed by atoms with Crippen molar-refractivity contribution >= 4 is 33.2 Å². The monoisotopic (exact) mass is 261 g/mol. The van der Waals surface area contributed by atoms with Gasteiger partial charge in [0, 0.05) is 17.1 Å². The lowest BCUT2D eigenvalue weighted by Gasteiger charge is -1.99. The largest absolute Gasteiger partial charge is 0.358 e. The molecule has 2 aromatic heterocycles. The smallest absolute Gasteiger partial charge is 0.0601 e. The molecule has 0 amide bonds. The van der Waals surface area contributed by atoms with Gasteiger partial charge in [0.25, 0.3) is 0 Å². The van der Waals surface area contributed by atoms with E-state index in [9.17, 15) is 0 Å². The summed E-state index contributed by atoms with van der Waals surface area (Å²) in [4.78, 5) is 3.42. The van der Waals surface area contributed by atoms with Gasteiger partial charge in [0.15, 0.2) is 0 Å². The zero-order valence-electron chi connectivity index (χ0n) is 9.46. The van der Waals surface area contributed by atoms with Gasteiger partial charge in [0.2, 0.25) is 0 Å². The van der Waals surface area contributed by atoms with Crippen molar-refractivity contribution in [2.24, 2.45) is 0 Å². The Balaban J connectivity index is 1.96. The van der Waals surface area contributed by atoms with E-state index in [4.69, 9.17) is 11.6 Å². The molecule has 3 heteroatoms. The number of halogens is 1. The van der Waals surface area contributed by atoms with Crippen molar-refractivity contribution in [2.45, 2.75) is 13.3 Å². The molecule has 0 aliphatic carbocycles. The van der Waals surface area contributed by atoms with Crippen LogP contribution in [0.2, 0.25) is 5.02 Å². The second kappa shape index (κ2) is 4.21. The average Bonchev–Trinajstić information content (AvgIpc) is 2.83. The number of aromatic nitrogens is 1. The Hall–Kier alpha value is -1.25. The van der Waals surface area contributed by atoms with Crippen LogP contribution in [0.3, 0.4) is 0 Å². The van der Waals surface area contributed by atoms with Gasteiger partial charge in [-0.2, -0.15) is 0 Å². The van der Waals surface area contributed by atoms with E-state index in [1.807, 2.05) is 12.1 Å². The Morgan fingerprint density at radius 2 is 2.00 bits per heavy atom. The van der Waals surface area contributed by atoms with E-state index in [0.717, 1.165) is 11.4 Å². The van der Waals surface area contributed by atoms with E-state index >= 15 is 0 Å². The van der Waals surface area contributed by atoms with Crippen molar-refractivity contribution in [3.05, 3.63) is 57.6 Å². The molecule has 0 saturated carbocycles. The number of H-pyrrole nitrogens is 1. The minimum absolute atomic E-state index is 0.792. The number of hydrogen-bond acceptors (Lipinski definition) is 1. The Morgan fingerprint density at radius 3 is 2.76 bits per heavy atom. The van der Waals surface area contributed by atoms with Crippen LogP contribution < -0.4 is 0 Å². The Kier molecular flexibility index (Phi) is 2.69. The number of nitrogens with one attached hydrogen (secondary N) is 1. The molecular weight excluding hydrogens is 250 g/mol. The molecule has 0 saturated heterocycles. The van der Waals surface area contributed by atoms with Crippen LogP contribution >= 0.6 is 22.9 Å². The van der Waals surface area contributed by atoms with Crippen molar-refractivity contribution in [3.8, 4) is 0 Å². The van der Waals surface area contributed by atoms with E-state index < -0.39 is 0 Å². The molecule has 2 heterocycles. The van der Waals surface area contributed by atoms with Gasteiger partial charge in [-0.1, -0.05) is 23.7 Å². The third-order valence-corrected chi connectivity index (χ3v) is 4.10. The predicted octanol–water partition coefficient (Wildman–Crippen LogP) is 4.78. The first-order valence-electron chi connectivity index (χ1n) is 5.52. The summed E-state index contributed by atoms with van der Waals surface area (Å²) in [6.07, 6.45) is 0.955. The second-order valence-electron chi connectivity index (χ2n) is 4.26. The van der Waals surface area contributed by atoms with E-state index in [-0.39, 0.29) is 0 Å². The maximum Gasteiger partial charge on any atom is 0.0601 e. The molecular formula is C14H12ClNS. The lowest BCUT2D eigenvalue weighted by Crippen LogP contribution is -1.86. The molecule has 0 unspecified atom stereocenters. The first-order valence-corrected chi connectivity index (χ1v) is 6.78. The molecule has 0 bridgehead atoms. The van der Waals surface area contributed by atoms with Crippen LogP contribution in [0, 0.1) is 6.92 Å². The van der Waals surface area contributed by atoms with Crippen molar-refractivity contribution < 1.29 is 0 Å². The Bertz CT molecular complexity index is 648. The van der Waals surface area contributed by atoms with Gasteiger partial charge >= 0.3 is 0 Å². The summed E-state index contributed by atoms with van der Waals surface area (Å²) in [5.41, 5.74) is 5.16. The summed E-state index contributed by atoms with van der Waals surface area (Å²) in [6, 6.07) is 10.3. The van der Waals surface area contributed by atoms with Gasteiger partial charge in [-0.3, -0.25) is 0 Å². The number of aromatic amines is 1. The number of aryl methyl sites for hydroxylation is 1. The SMILES string of the molecule is Cc1cc2scc(Cc3ccc(Cl)cc3)c2[nH]1. The fourth-order valence-corrected chi connectivity index (χ4v) is 3.18. The third-order valence-electron chi connectivity index (χ3n) is 2.87. The highest BCUT2D eigenvalue weighted by Gasteiger charge is 2.07. The van der Waals surface area contributed by atoms with Gasteiger partial charge < -0.3 is 4.98 Å². The third kappa shape index (κ3) is 2.11. The minimum atomic E-state index is 0.792. The van der Waals surface area contributed by atoms with Gasteiger partial charge in [0.05, 0.1) is 10.2 Å². The van der Waals surface area contributed by atoms with Crippen LogP contribution in [-0.2, 0) is 6.42 Å². The van der Waals surface area contributed by atoms with Crippen molar-refractivity contribution in [3.63, 3.8) is 0 Å². The second-order valence-corrected chi connectivity index (χ2v) is 5.60. The molecule has 0 aliphatic heterocycles. The topological polar surface area (TPSA) is 15.8 Å². The van der Waals surface area contributed by atoms with Gasteiger partial charge in [-0.25, -0.2) is 0 Å². The zero-order valence-corrected chi connectivity index (χ0v) is 11.0. The summed E-state index contributed by atoms with van der Waals surface area (Å²) in [6.45, 7) is 2.10. The number of rotatable bonds is 2. The van der Waals surface area contributed by atoms with Crippen molar-refractivity contribution in [2.75, 3.05) is 0 Å². The highest BCUT2D eigenvalue weighted by molar-refractivity contribution is 7.17. The normalized spacial score (nSPS) is 11.2. The highest BCUT2D eigenvalue weighted by atomic mass is 35.5. The first-order chi connectivity index (χ1) is 8.22. The zero-order chi connectivity index (χ0) is 11.8. The molecule has 0 atom stereocenters. The molecule has 17 heavy (non-hydrogen) atoms. The van der Waals surface area contributed by atoms with Crippen LogP contribution in [0.4, 0.5) is 0 Å². The quantitative estimate of drug-likeness (QED) is 0.683. The van der Waals surface area contributed by atoms with Gasteiger partial charge in [-0.05, 0) is 41.6 Å². The summed E-state index contributed by atoms with van der Waals surface area (Å²) in [7, 11) is 0. The van der Waals surface area contributed by atoms with Gasteiger partial charge in [0.1, 0.15) is 0 Å². The van der Waals surface area contributed by atoms with Crippen molar-refractivity contribution in [1.29, 1.82) is 0 Å². The highest BCUT2D eigenvalue weighted by Crippen LogP contribution is 2.28. The van der Waals surface area contributed by atoms with Gasteiger partial charge in [-0.15, -0.1) is 11.3 Å². The molecule has 86 valence electrons. The lowest BCUT2D eigenvalue weighted by molar-refractivity contribution is 1.20.